The zero-order chi connectivity index (χ0) is 25.1. The van der Waals surface area contributed by atoms with Crippen LogP contribution >= 0.6 is 12.4 Å². The fourth-order valence-electron chi connectivity index (χ4n) is 3.37. The van der Waals surface area contributed by atoms with E-state index < -0.39 is 21.4 Å². The van der Waals surface area contributed by atoms with Crippen molar-refractivity contribution in [2.45, 2.75) is 18.9 Å². The maximum absolute atomic E-state index is 13.0. The molecule has 0 atom stereocenters. The van der Waals surface area contributed by atoms with Crippen molar-refractivity contribution in [3.63, 3.8) is 0 Å². The Balaban J connectivity index is 0.00000432. The second-order valence-corrected chi connectivity index (χ2v) is 8.45. The molecule has 0 amide bonds. The summed E-state index contributed by atoms with van der Waals surface area (Å²) >= 11 is 0. The van der Waals surface area contributed by atoms with Gasteiger partial charge in [0.1, 0.15) is 0 Å². The summed E-state index contributed by atoms with van der Waals surface area (Å²) in [4.78, 5) is 4.08. The summed E-state index contributed by atoms with van der Waals surface area (Å²) in [6, 6.07) is 6.40. The van der Waals surface area contributed by atoms with Gasteiger partial charge in [-0.25, -0.2) is 0 Å². The van der Waals surface area contributed by atoms with E-state index in [4.69, 9.17) is 18.9 Å². The number of hydrogen-bond acceptors (Lipinski definition) is 8. The lowest BCUT2D eigenvalue weighted by Gasteiger charge is -2.17. The molecule has 192 valence electrons. The molecular weight excluding hydrogens is 515 g/mol. The highest BCUT2D eigenvalue weighted by molar-refractivity contribution is 7.88. The summed E-state index contributed by atoms with van der Waals surface area (Å²) < 4.78 is 88.3. The number of ether oxygens (including phenoxy) is 4. The van der Waals surface area contributed by atoms with Gasteiger partial charge in [0, 0.05) is 17.8 Å². The Labute approximate surface area is 206 Å². The molecule has 0 aliphatic heterocycles. The SMILES string of the molecule is CCOc1ccc2c(Cc3cc(OC)c(OC)c(OC)c3)cncc2c1OS(=O)(=O)C(F)(F)F.Cl. The lowest BCUT2D eigenvalue weighted by atomic mass is 9.99. The largest absolute Gasteiger partial charge is 0.534 e. The summed E-state index contributed by atoms with van der Waals surface area (Å²) in [6.07, 6.45) is 3.01. The van der Waals surface area contributed by atoms with Crippen LogP contribution in [0.2, 0.25) is 0 Å². The number of rotatable bonds is 9. The van der Waals surface area contributed by atoms with Gasteiger partial charge in [0.2, 0.25) is 5.75 Å². The summed E-state index contributed by atoms with van der Waals surface area (Å²) in [5.41, 5.74) is -4.30. The van der Waals surface area contributed by atoms with Gasteiger partial charge in [0.05, 0.1) is 27.9 Å². The zero-order valence-electron chi connectivity index (χ0n) is 19.1. The van der Waals surface area contributed by atoms with Crippen LogP contribution in [0.1, 0.15) is 18.1 Å². The molecule has 0 fully saturated rings. The monoisotopic (exact) mass is 537 g/mol. The van der Waals surface area contributed by atoms with Crippen LogP contribution in [0.3, 0.4) is 0 Å². The Kier molecular flexibility index (Phi) is 8.90. The van der Waals surface area contributed by atoms with Crippen molar-refractivity contribution >= 4 is 33.3 Å². The van der Waals surface area contributed by atoms with Crippen molar-refractivity contribution in [1.29, 1.82) is 0 Å². The quantitative estimate of drug-likeness (QED) is 0.281. The fourth-order valence-corrected chi connectivity index (χ4v) is 3.86. The highest BCUT2D eigenvalue weighted by atomic mass is 35.5. The van der Waals surface area contributed by atoms with Gasteiger partial charge >= 0.3 is 15.6 Å². The minimum atomic E-state index is -5.94. The number of alkyl halides is 3. The molecule has 0 N–H and O–H groups in total. The van der Waals surface area contributed by atoms with Crippen LogP contribution in [0.15, 0.2) is 36.7 Å². The van der Waals surface area contributed by atoms with E-state index >= 15 is 0 Å². The van der Waals surface area contributed by atoms with Gasteiger partial charge in [0.25, 0.3) is 0 Å². The molecule has 3 aromatic rings. The lowest BCUT2D eigenvalue weighted by Crippen LogP contribution is -2.28. The third kappa shape index (κ3) is 5.76. The molecule has 0 unspecified atom stereocenters. The summed E-state index contributed by atoms with van der Waals surface area (Å²) in [5, 5.41) is 0.475. The van der Waals surface area contributed by atoms with E-state index in [0.717, 1.165) is 5.56 Å². The molecule has 0 bridgehead atoms. The highest BCUT2D eigenvalue weighted by Gasteiger charge is 2.49. The molecule has 2 aromatic carbocycles. The number of aromatic nitrogens is 1. The first-order valence-corrected chi connectivity index (χ1v) is 11.3. The maximum atomic E-state index is 13.0. The topological polar surface area (TPSA) is 93.2 Å². The normalized spacial score (nSPS) is 11.5. The lowest BCUT2D eigenvalue weighted by molar-refractivity contribution is -0.0500. The number of benzene rings is 2. The van der Waals surface area contributed by atoms with Crippen LogP contribution in [0.25, 0.3) is 10.8 Å². The van der Waals surface area contributed by atoms with E-state index in [1.807, 2.05) is 0 Å². The first-order chi connectivity index (χ1) is 16.1. The molecule has 35 heavy (non-hydrogen) atoms. The predicted octanol–water partition coefficient (Wildman–Crippen LogP) is 4.90. The number of fused-ring (bicyclic) bond motifs is 1. The maximum Gasteiger partial charge on any atom is 0.534 e. The minimum Gasteiger partial charge on any atom is -0.493 e. The molecule has 3 rings (SSSR count). The molecule has 0 radical (unpaired) electrons. The molecule has 13 heteroatoms. The second kappa shape index (κ2) is 11.1. The molecule has 0 aliphatic rings. The van der Waals surface area contributed by atoms with Crippen LogP contribution in [-0.4, -0.2) is 46.8 Å². The zero-order valence-corrected chi connectivity index (χ0v) is 20.8. The van der Waals surface area contributed by atoms with Crippen LogP contribution in [-0.2, 0) is 16.5 Å². The third-order valence-electron chi connectivity index (χ3n) is 4.84. The van der Waals surface area contributed by atoms with Crippen molar-refractivity contribution < 1.29 is 44.7 Å². The van der Waals surface area contributed by atoms with Crippen LogP contribution in [0, 0.1) is 0 Å². The van der Waals surface area contributed by atoms with Gasteiger partial charge in [0.15, 0.2) is 23.0 Å². The van der Waals surface area contributed by atoms with Gasteiger partial charge in [-0.15, -0.1) is 12.4 Å². The van der Waals surface area contributed by atoms with Crippen molar-refractivity contribution in [2.24, 2.45) is 0 Å². The second-order valence-electron chi connectivity index (χ2n) is 6.91. The number of methoxy groups -OCH3 is 3. The molecule has 0 spiro atoms. The Morgan fingerprint density at radius 1 is 0.886 bits per heavy atom. The Hall–Kier alpha value is -3.12. The van der Waals surface area contributed by atoms with Crippen LogP contribution < -0.4 is 23.1 Å². The van der Waals surface area contributed by atoms with E-state index in [1.54, 1.807) is 25.1 Å². The summed E-state index contributed by atoms with van der Waals surface area (Å²) in [5.74, 6) is 0.498. The number of pyridine rings is 1. The Morgan fingerprint density at radius 2 is 1.51 bits per heavy atom. The van der Waals surface area contributed by atoms with Gasteiger partial charge < -0.3 is 23.1 Å². The average molecular weight is 538 g/mol. The van der Waals surface area contributed by atoms with E-state index in [-0.39, 0.29) is 36.6 Å². The van der Waals surface area contributed by atoms with Crippen LogP contribution in [0.5, 0.6) is 28.7 Å². The summed E-state index contributed by atoms with van der Waals surface area (Å²) in [7, 11) is -1.52. The fraction of sp³-hybridized carbons (Fsp3) is 0.318. The van der Waals surface area contributed by atoms with Crippen molar-refractivity contribution in [2.75, 3.05) is 27.9 Å². The molecule has 0 saturated carbocycles. The van der Waals surface area contributed by atoms with Crippen molar-refractivity contribution in [3.8, 4) is 28.7 Å². The van der Waals surface area contributed by atoms with Gasteiger partial charge in [-0.1, -0.05) is 6.07 Å². The molecule has 8 nitrogen and oxygen atoms in total. The van der Waals surface area contributed by atoms with E-state index in [1.165, 1.54) is 39.8 Å². The average Bonchev–Trinajstić information content (AvgIpc) is 2.79. The van der Waals surface area contributed by atoms with Crippen LogP contribution in [0.4, 0.5) is 13.2 Å². The molecule has 0 aliphatic carbocycles. The van der Waals surface area contributed by atoms with E-state index in [0.29, 0.717) is 28.2 Å². The van der Waals surface area contributed by atoms with Gasteiger partial charge in [-0.05, 0) is 48.1 Å². The van der Waals surface area contributed by atoms with Crippen molar-refractivity contribution in [3.05, 3.63) is 47.8 Å². The first kappa shape index (κ1) is 28.1. The number of nitrogens with zero attached hydrogens (tertiary/aromatic N) is 1. The Bertz CT molecular complexity index is 1280. The molecule has 1 heterocycles. The number of halogens is 4. The highest BCUT2D eigenvalue weighted by Crippen LogP contribution is 2.42. The smallest absolute Gasteiger partial charge is 0.493 e. The minimum absolute atomic E-state index is 0. The molecule has 1 aromatic heterocycles. The Morgan fingerprint density at radius 3 is 2.03 bits per heavy atom. The van der Waals surface area contributed by atoms with Gasteiger partial charge in [-0.2, -0.15) is 21.6 Å². The molecular formula is C22H23ClF3NO7S. The van der Waals surface area contributed by atoms with E-state index in [2.05, 4.69) is 9.17 Å². The van der Waals surface area contributed by atoms with Gasteiger partial charge in [-0.3, -0.25) is 4.98 Å². The standard InChI is InChI=1S/C22H22F3NO7S.ClH/c1-5-32-17-7-6-15-14(8-13-9-18(29-2)21(31-4)19(10-13)30-3)11-26-12-16(15)20(17)33-34(27,28)22(23,24)25;/h6-7,9-12H,5,8H2,1-4H3;1H. The third-order valence-corrected chi connectivity index (χ3v) is 5.79. The summed E-state index contributed by atoms with van der Waals surface area (Å²) in [6.45, 7) is 1.68. The predicted molar refractivity (Wildman–Crippen MR) is 125 cm³/mol. The molecule has 0 saturated heterocycles. The first-order valence-electron chi connectivity index (χ1n) is 9.88. The van der Waals surface area contributed by atoms with Crippen molar-refractivity contribution in [1.82, 2.24) is 4.98 Å². The van der Waals surface area contributed by atoms with E-state index in [9.17, 15) is 21.6 Å². The number of hydrogen-bond donors (Lipinski definition) is 0.